The number of para-hydroxylation sites is 1. The van der Waals surface area contributed by atoms with Gasteiger partial charge < -0.3 is 14.5 Å². The van der Waals surface area contributed by atoms with Crippen molar-refractivity contribution in [2.24, 2.45) is 7.05 Å². The highest BCUT2D eigenvalue weighted by atomic mass is 32.1. The highest BCUT2D eigenvalue weighted by molar-refractivity contribution is 7.13. The summed E-state index contributed by atoms with van der Waals surface area (Å²) in [6.07, 6.45) is 3.01. The summed E-state index contributed by atoms with van der Waals surface area (Å²) < 4.78 is 4.29. The van der Waals surface area contributed by atoms with Crippen molar-refractivity contribution in [3.8, 4) is 10.7 Å². The van der Waals surface area contributed by atoms with E-state index in [-0.39, 0.29) is 5.91 Å². The van der Waals surface area contributed by atoms with Gasteiger partial charge in [0.25, 0.3) is 5.91 Å². The van der Waals surface area contributed by atoms with Crippen LogP contribution < -0.4 is 5.32 Å². The lowest BCUT2D eigenvalue weighted by atomic mass is 10.2. The third-order valence-corrected chi connectivity index (χ3v) is 5.56. The second-order valence-corrected chi connectivity index (χ2v) is 7.43. The van der Waals surface area contributed by atoms with E-state index in [1.807, 2.05) is 41.4 Å². The zero-order valence-electron chi connectivity index (χ0n) is 15.5. The lowest BCUT2D eigenvalue weighted by molar-refractivity contribution is 0.0946. The number of nitrogens with one attached hydrogen (secondary N) is 1. The molecule has 27 heavy (non-hydrogen) atoms. The van der Waals surface area contributed by atoms with Gasteiger partial charge in [-0.1, -0.05) is 25.1 Å². The van der Waals surface area contributed by atoms with Crippen molar-refractivity contribution in [2.45, 2.75) is 26.4 Å². The van der Waals surface area contributed by atoms with Gasteiger partial charge in [-0.3, -0.25) is 4.79 Å². The molecule has 0 aliphatic carbocycles. The molecule has 0 saturated carbocycles. The first-order valence-corrected chi connectivity index (χ1v) is 9.98. The van der Waals surface area contributed by atoms with Gasteiger partial charge in [0.2, 0.25) is 0 Å². The van der Waals surface area contributed by atoms with Gasteiger partial charge in [-0.15, -0.1) is 11.3 Å². The van der Waals surface area contributed by atoms with E-state index in [0.717, 1.165) is 29.4 Å². The van der Waals surface area contributed by atoms with Gasteiger partial charge in [0, 0.05) is 41.8 Å². The number of carbonyl (C=O) groups is 1. The summed E-state index contributed by atoms with van der Waals surface area (Å²) in [5.41, 5.74) is 3.81. The Bertz CT molecular complexity index is 1090. The van der Waals surface area contributed by atoms with Crippen molar-refractivity contribution in [1.29, 1.82) is 0 Å². The molecule has 0 bridgehead atoms. The maximum atomic E-state index is 12.5. The number of aromatic nitrogens is 3. The van der Waals surface area contributed by atoms with Crippen molar-refractivity contribution in [1.82, 2.24) is 19.4 Å². The fourth-order valence-corrected chi connectivity index (χ4v) is 4.11. The van der Waals surface area contributed by atoms with E-state index in [1.165, 1.54) is 22.2 Å². The van der Waals surface area contributed by atoms with E-state index < -0.39 is 0 Å². The number of rotatable bonds is 6. The third-order valence-electron chi connectivity index (χ3n) is 4.70. The third kappa shape index (κ3) is 3.40. The average Bonchev–Trinajstić information content (AvgIpc) is 3.39. The summed E-state index contributed by atoms with van der Waals surface area (Å²) in [5.74, 6) is -0.142. The van der Waals surface area contributed by atoms with Crippen LogP contribution in [0.5, 0.6) is 0 Å². The van der Waals surface area contributed by atoms with Crippen LogP contribution in [0.2, 0.25) is 0 Å². The van der Waals surface area contributed by atoms with E-state index in [1.54, 1.807) is 0 Å². The van der Waals surface area contributed by atoms with Crippen LogP contribution in [0.15, 0.2) is 54.0 Å². The van der Waals surface area contributed by atoms with E-state index in [4.69, 9.17) is 0 Å². The van der Waals surface area contributed by atoms with Gasteiger partial charge in [-0.2, -0.15) is 0 Å². The summed E-state index contributed by atoms with van der Waals surface area (Å²) >= 11 is 1.51. The standard InChI is InChI=1S/C21H22N4OS/c1-3-10-25-18-9-5-4-7-15(18)12-19(25)21-23-17(14-27-21)20(26)22-13-16-8-6-11-24(16)2/h4-9,11-12,14H,3,10,13H2,1-2H3,(H,22,26). The molecule has 1 amide bonds. The molecule has 3 aromatic heterocycles. The predicted molar refractivity (Wildman–Crippen MR) is 110 cm³/mol. The monoisotopic (exact) mass is 378 g/mol. The lowest BCUT2D eigenvalue weighted by Gasteiger charge is -2.07. The minimum absolute atomic E-state index is 0.142. The van der Waals surface area contributed by atoms with Gasteiger partial charge in [-0.05, 0) is 30.7 Å². The molecular weight excluding hydrogens is 356 g/mol. The number of nitrogens with zero attached hydrogens (tertiary/aromatic N) is 3. The normalized spacial score (nSPS) is 11.2. The van der Waals surface area contributed by atoms with Crippen LogP contribution in [0, 0.1) is 0 Å². The Labute approximate surface area is 162 Å². The van der Waals surface area contributed by atoms with E-state index in [9.17, 15) is 4.79 Å². The maximum Gasteiger partial charge on any atom is 0.271 e. The zero-order valence-corrected chi connectivity index (χ0v) is 16.3. The molecule has 0 fully saturated rings. The Morgan fingerprint density at radius 1 is 1.22 bits per heavy atom. The van der Waals surface area contributed by atoms with Crippen molar-refractivity contribution in [3.05, 3.63) is 65.4 Å². The quantitative estimate of drug-likeness (QED) is 0.539. The molecule has 0 radical (unpaired) electrons. The smallest absolute Gasteiger partial charge is 0.271 e. The number of aryl methyl sites for hydroxylation is 2. The van der Waals surface area contributed by atoms with Crippen molar-refractivity contribution >= 4 is 28.1 Å². The molecule has 1 aromatic carbocycles. The van der Waals surface area contributed by atoms with Gasteiger partial charge in [-0.25, -0.2) is 4.98 Å². The second kappa shape index (κ2) is 7.40. The molecule has 0 aliphatic rings. The Kier molecular flexibility index (Phi) is 4.81. The highest BCUT2D eigenvalue weighted by Gasteiger charge is 2.16. The fourth-order valence-electron chi connectivity index (χ4n) is 3.29. The van der Waals surface area contributed by atoms with Crippen molar-refractivity contribution in [2.75, 3.05) is 0 Å². The molecule has 4 aromatic rings. The average molecular weight is 379 g/mol. The molecule has 0 unspecified atom stereocenters. The molecule has 0 spiro atoms. The number of hydrogen-bond acceptors (Lipinski definition) is 3. The van der Waals surface area contributed by atoms with Crippen LogP contribution in [0.3, 0.4) is 0 Å². The SMILES string of the molecule is CCCn1c(-c2nc(C(=O)NCc3cccn3C)cs2)cc2ccccc21. The molecule has 4 rings (SSSR count). The summed E-state index contributed by atoms with van der Waals surface area (Å²) in [6.45, 7) is 3.59. The molecule has 0 aliphatic heterocycles. The lowest BCUT2D eigenvalue weighted by Crippen LogP contribution is -2.24. The molecule has 0 saturated heterocycles. The second-order valence-electron chi connectivity index (χ2n) is 6.57. The van der Waals surface area contributed by atoms with Crippen LogP contribution in [-0.2, 0) is 20.1 Å². The summed E-state index contributed by atoms with van der Waals surface area (Å²) in [4.78, 5) is 17.1. The van der Waals surface area contributed by atoms with E-state index >= 15 is 0 Å². The van der Waals surface area contributed by atoms with Gasteiger partial charge in [0.15, 0.2) is 0 Å². The van der Waals surface area contributed by atoms with Crippen LogP contribution in [0.1, 0.15) is 29.5 Å². The summed E-state index contributed by atoms with van der Waals surface area (Å²) in [7, 11) is 1.97. The van der Waals surface area contributed by atoms with Gasteiger partial charge in [0.1, 0.15) is 10.7 Å². The fraction of sp³-hybridized carbons (Fsp3) is 0.238. The minimum atomic E-state index is -0.142. The first-order valence-electron chi connectivity index (χ1n) is 9.10. The van der Waals surface area contributed by atoms with Crippen LogP contribution in [-0.4, -0.2) is 20.0 Å². The Hall–Kier alpha value is -2.86. The molecular formula is C21H22N4OS. The molecule has 1 N–H and O–H groups in total. The largest absolute Gasteiger partial charge is 0.353 e. The molecule has 0 atom stereocenters. The van der Waals surface area contributed by atoms with Crippen LogP contribution in [0.4, 0.5) is 0 Å². The van der Waals surface area contributed by atoms with Gasteiger partial charge >= 0.3 is 0 Å². The Balaban J connectivity index is 1.59. The summed E-state index contributed by atoms with van der Waals surface area (Å²) in [5, 5.41) is 6.87. The Morgan fingerprint density at radius 2 is 2.07 bits per heavy atom. The number of hydrogen-bond donors (Lipinski definition) is 1. The highest BCUT2D eigenvalue weighted by Crippen LogP contribution is 2.30. The number of carbonyl (C=O) groups excluding carboxylic acids is 1. The molecule has 5 nitrogen and oxygen atoms in total. The van der Waals surface area contributed by atoms with E-state index in [0.29, 0.717) is 12.2 Å². The number of thiazole rings is 1. The van der Waals surface area contributed by atoms with Crippen LogP contribution >= 0.6 is 11.3 Å². The number of amides is 1. The first-order chi connectivity index (χ1) is 13.2. The van der Waals surface area contributed by atoms with Crippen molar-refractivity contribution < 1.29 is 4.79 Å². The summed E-state index contributed by atoms with van der Waals surface area (Å²) in [6, 6.07) is 14.5. The Morgan fingerprint density at radius 3 is 2.85 bits per heavy atom. The molecule has 3 heterocycles. The van der Waals surface area contributed by atoms with Crippen LogP contribution in [0.25, 0.3) is 21.6 Å². The topological polar surface area (TPSA) is 51.9 Å². The predicted octanol–water partition coefficient (Wildman–Crippen LogP) is 4.44. The maximum absolute atomic E-state index is 12.5. The van der Waals surface area contributed by atoms with Crippen molar-refractivity contribution in [3.63, 3.8) is 0 Å². The first kappa shape index (κ1) is 17.5. The molecule has 138 valence electrons. The number of fused-ring (bicyclic) bond motifs is 1. The van der Waals surface area contributed by atoms with Gasteiger partial charge in [0.05, 0.1) is 12.2 Å². The van der Waals surface area contributed by atoms with E-state index in [2.05, 4.69) is 46.1 Å². The number of benzene rings is 1. The zero-order chi connectivity index (χ0) is 18.8. The minimum Gasteiger partial charge on any atom is -0.353 e. The molecule has 6 heteroatoms.